The van der Waals surface area contributed by atoms with Gasteiger partial charge in [-0.15, -0.1) is 0 Å². The van der Waals surface area contributed by atoms with Crippen LogP contribution in [0.2, 0.25) is 0 Å². The van der Waals surface area contributed by atoms with Gasteiger partial charge in [-0.2, -0.15) is 0 Å². The lowest BCUT2D eigenvalue weighted by molar-refractivity contribution is 0.0988. The van der Waals surface area contributed by atoms with Crippen LogP contribution in [0.1, 0.15) is 23.7 Å². The van der Waals surface area contributed by atoms with Crippen molar-refractivity contribution in [3.63, 3.8) is 0 Å². The van der Waals surface area contributed by atoms with Gasteiger partial charge in [-0.25, -0.2) is 0 Å². The Bertz CT molecular complexity index is 292. The van der Waals surface area contributed by atoms with E-state index in [1.54, 1.807) is 19.1 Å². The molecular weight excluding hydrogens is 167 g/mol. The number of hydrogen-bond acceptors (Lipinski definition) is 3. The normalized spacial score (nSPS) is 9.77. The molecule has 0 aromatic heterocycles. The summed E-state index contributed by atoms with van der Waals surface area (Å²) in [5.41, 5.74) is 1.000. The first-order chi connectivity index (χ1) is 6.15. The van der Waals surface area contributed by atoms with Gasteiger partial charge in [0.05, 0.1) is 0 Å². The Hall–Kier alpha value is -1.13. The van der Waals surface area contributed by atoms with E-state index >= 15 is 0 Å². The minimum absolute atomic E-state index is 0.0546. The van der Waals surface area contributed by atoms with Crippen molar-refractivity contribution in [1.29, 1.82) is 0 Å². The van der Waals surface area contributed by atoms with Crippen LogP contribution < -0.4 is 5.46 Å². The summed E-state index contributed by atoms with van der Waals surface area (Å²) < 4.78 is 0. The molecule has 0 saturated heterocycles. The molecule has 68 valence electrons. The van der Waals surface area contributed by atoms with Crippen molar-refractivity contribution in [1.82, 2.24) is 0 Å². The van der Waals surface area contributed by atoms with Gasteiger partial charge in [-0.3, -0.25) is 4.79 Å². The predicted octanol–water partition coefficient (Wildman–Crippen LogP) is -0.0409. The van der Waals surface area contributed by atoms with Gasteiger partial charge in [-0.05, 0) is 5.46 Å². The number of ketones is 1. The molecule has 0 aliphatic heterocycles. The Morgan fingerprint density at radius 3 is 2.23 bits per heavy atom. The highest BCUT2D eigenvalue weighted by molar-refractivity contribution is 6.58. The first-order valence-corrected chi connectivity index (χ1v) is 4.14. The molecule has 0 amide bonds. The van der Waals surface area contributed by atoms with E-state index in [2.05, 4.69) is 0 Å². The predicted molar refractivity (Wildman–Crippen MR) is 50.9 cm³/mol. The van der Waals surface area contributed by atoms with Crippen LogP contribution in [0, 0.1) is 0 Å². The second-order valence-electron chi connectivity index (χ2n) is 2.77. The molecule has 0 saturated carbocycles. The van der Waals surface area contributed by atoms with Crippen molar-refractivity contribution in [3.05, 3.63) is 29.8 Å². The van der Waals surface area contributed by atoms with Crippen LogP contribution in [0.4, 0.5) is 0 Å². The van der Waals surface area contributed by atoms with E-state index in [0.29, 0.717) is 17.4 Å². The zero-order chi connectivity index (χ0) is 9.84. The third-order valence-electron chi connectivity index (χ3n) is 1.85. The first-order valence-electron chi connectivity index (χ1n) is 4.14. The van der Waals surface area contributed by atoms with Crippen molar-refractivity contribution in [2.24, 2.45) is 0 Å². The van der Waals surface area contributed by atoms with Crippen LogP contribution in [0.3, 0.4) is 0 Å². The monoisotopic (exact) mass is 178 g/mol. The lowest BCUT2D eigenvalue weighted by Gasteiger charge is -2.00. The average Bonchev–Trinajstić information content (AvgIpc) is 2.17. The van der Waals surface area contributed by atoms with Crippen molar-refractivity contribution < 1.29 is 14.8 Å². The van der Waals surface area contributed by atoms with Gasteiger partial charge in [0.25, 0.3) is 0 Å². The molecule has 1 aromatic carbocycles. The quantitative estimate of drug-likeness (QED) is 0.504. The topological polar surface area (TPSA) is 57.5 Å². The molecule has 0 aliphatic rings. The maximum absolute atomic E-state index is 11.2. The summed E-state index contributed by atoms with van der Waals surface area (Å²) in [6.45, 7) is 1.79. The maximum Gasteiger partial charge on any atom is 0.488 e. The summed E-state index contributed by atoms with van der Waals surface area (Å²) in [6, 6.07) is 6.27. The maximum atomic E-state index is 11.2. The molecule has 0 aliphatic carbocycles. The number of Topliss-reactive ketones (excluding diaryl/α,β-unsaturated/α-hetero) is 1. The van der Waals surface area contributed by atoms with E-state index < -0.39 is 7.12 Å². The summed E-state index contributed by atoms with van der Waals surface area (Å²) in [5.74, 6) is 0.0546. The van der Waals surface area contributed by atoms with Crippen LogP contribution in [0.25, 0.3) is 0 Å². The molecule has 1 rings (SSSR count). The van der Waals surface area contributed by atoms with Crippen molar-refractivity contribution >= 4 is 18.4 Å². The fourth-order valence-electron chi connectivity index (χ4n) is 1.05. The van der Waals surface area contributed by atoms with Crippen LogP contribution in [-0.2, 0) is 0 Å². The molecule has 0 radical (unpaired) electrons. The first kappa shape index (κ1) is 9.96. The summed E-state index contributed by atoms with van der Waals surface area (Å²) in [7, 11) is -1.47. The minimum Gasteiger partial charge on any atom is -0.423 e. The fraction of sp³-hybridized carbons (Fsp3) is 0.222. The molecular formula is C9H11BO3. The van der Waals surface area contributed by atoms with E-state index in [1.807, 2.05) is 0 Å². The summed E-state index contributed by atoms with van der Waals surface area (Å²) in [5, 5.41) is 17.6. The number of carbonyl (C=O) groups excluding carboxylic acids is 1. The number of hydrogen-bond donors (Lipinski definition) is 2. The van der Waals surface area contributed by atoms with Gasteiger partial charge in [0, 0.05) is 12.0 Å². The van der Waals surface area contributed by atoms with Crippen LogP contribution >= 0.6 is 0 Å². The Morgan fingerprint density at radius 1 is 1.31 bits per heavy atom. The van der Waals surface area contributed by atoms with Gasteiger partial charge in [0.15, 0.2) is 5.78 Å². The molecule has 0 spiro atoms. The molecule has 2 N–H and O–H groups in total. The third kappa shape index (κ3) is 2.40. The van der Waals surface area contributed by atoms with Crippen molar-refractivity contribution in [2.75, 3.05) is 0 Å². The van der Waals surface area contributed by atoms with Gasteiger partial charge in [0.1, 0.15) is 0 Å². The second-order valence-corrected chi connectivity index (χ2v) is 2.77. The highest BCUT2D eigenvalue weighted by Gasteiger charge is 2.10. The molecule has 0 fully saturated rings. The Labute approximate surface area is 77.2 Å². The summed E-state index contributed by atoms with van der Waals surface area (Å²) in [6.07, 6.45) is 0.459. The van der Waals surface area contributed by atoms with Crippen molar-refractivity contribution in [3.8, 4) is 0 Å². The second kappa shape index (κ2) is 4.21. The number of benzene rings is 1. The number of carbonyl (C=O) groups is 1. The Morgan fingerprint density at radius 2 is 1.85 bits per heavy atom. The highest BCUT2D eigenvalue weighted by Crippen LogP contribution is 2.01. The summed E-state index contributed by atoms with van der Waals surface area (Å²) >= 11 is 0. The van der Waals surface area contributed by atoms with Crippen molar-refractivity contribution in [2.45, 2.75) is 13.3 Å². The molecule has 0 atom stereocenters. The van der Waals surface area contributed by atoms with Crippen LogP contribution in [0.5, 0.6) is 0 Å². The average molecular weight is 178 g/mol. The molecule has 4 heteroatoms. The molecule has 13 heavy (non-hydrogen) atoms. The molecule has 3 nitrogen and oxygen atoms in total. The van der Waals surface area contributed by atoms with Gasteiger partial charge >= 0.3 is 7.12 Å². The van der Waals surface area contributed by atoms with E-state index in [9.17, 15) is 4.79 Å². The molecule has 0 heterocycles. The largest absolute Gasteiger partial charge is 0.488 e. The lowest BCUT2D eigenvalue weighted by atomic mass is 9.80. The standard InChI is InChI=1S/C9H11BO3/c1-2-9(11)7-3-5-8(6-4-7)10(12)13/h3-6,12-13H,2H2,1H3. The third-order valence-corrected chi connectivity index (χ3v) is 1.85. The Kier molecular flexibility index (Phi) is 3.22. The lowest BCUT2D eigenvalue weighted by Crippen LogP contribution is -2.29. The molecule has 0 bridgehead atoms. The zero-order valence-electron chi connectivity index (χ0n) is 7.40. The molecule has 0 unspecified atom stereocenters. The van der Waals surface area contributed by atoms with Gasteiger partial charge in [0.2, 0.25) is 0 Å². The zero-order valence-corrected chi connectivity index (χ0v) is 7.40. The minimum atomic E-state index is -1.47. The highest BCUT2D eigenvalue weighted by atomic mass is 16.4. The van der Waals surface area contributed by atoms with E-state index in [1.165, 1.54) is 12.1 Å². The molecule has 1 aromatic rings. The van der Waals surface area contributed by atoms with E-state index in [4.69, 9.17) is 10.0 Å². The Balaban J connectivity index is 2.87. The van der Waals surface area contributed by atoms with E-state index in [-0.39, 0.29) is 5.78 Å². The van der Waals surface area contributed by atoms with Crippen LogP contribution in [-0.4, -0.2) is 22.9 Å². The number of rotatable bonds is 3. The van der Waals surface area contributed by atoms with Gasteiger partial charge < -0.3 is 10.0 Å². The summed E-state index contributed by atoms with van der Waals surface area (Å²) in [4.78, 5) is 11.2. The smallest absolute Gasteiger partial charge is 0.423 e. The van der Waals surface area contributed by atoms with Crippen LogP contribution in [0.15, 0.2) is 24.3 Å². The fourth-order valence-corrected chi connectivity index (χ4v) is 1.05. The van der Waals surface area contributed by atoms with Gasteiger partial charge in [-0.1, -0.05) is 31.2 Å². The van der Waals surface area contributed by atoms with E-state index in [0.717, 1.165) is 0 Å². The SMILES string of the molecule is CCC(=O)c1ccc(B(O)O)cc1.